The number of pyridine rings is 2. The minimum atomic E-state index is -1.05. The molecule has 2 aromatic heterocycles. The summed E-state index contributed by atoms with van der Waals surface area (Å²) in [4.78, 5) is 34.8. The highest BCUT2D eigenvalue weighted by atomic mass is 35.5. The van der Waals surface area contributed by atoms with Gasteiger partial charge in [0.15, 0.2) is 0 Å². The van der Waals surface area contributed by atoms with E-state index in [1.165, 1.54) is 30.1 Å². The van der Waals surface area contributed by atoms with Crippen LogP contribution in [-0.2, 0) is 0 Å². The van der Waals surface area contributed by atoms with Gasteiger partial charge in [0.2, 0.25) is 0 Å². The van der Waals surface area contributed by atoms with Crippen LogP contribution in [0, 0.1) is 5.92 Å². The van der Waals surface area contributed by atoms with Crippen LogP contribution in [0.3, 0.4) is 0 Å². The van der Waals surface area contributed by atoms with E-state index in [4.69, 9.17) is 11.6 Å². The lowest BCUT2D eigenvalue weighted by molar-refractivity contribution is 0.0696. The number of nitrogens with one attached hydrogen (secondary N) is 2. The first-order chi connectivity index (χ1) is 16.0. The van der Waals surface area contributed by atoms with Gasteiger partial charge in [-0.05, 0) is 61.2 Å². The molecule has 1 aromatic carbocycles. The smallest absolute Gasteiger partial charge is 0.335 e. The van der Waals surface area contributed by atoms with Gasteiger partial charge >= 0.3 is 5.97 Å². The Labute approximate surface area is 220 Å². The number of carbonyl (C=O) groups excluding carboxylic acids is 1. The number of nitrogens with zero attached hydrogens (tertiary/aromatic N) is 3. The van der Waals surface area contributed by atoms with Crippen molar-refractivity contribution in [3.63, 3.8) is 0 Å². The summed E-state index contributed by atoms with van der Waals surface area (Å²) in [6.45, 7) is 2.51. The largest absolute Gasteiger partial charge is 0.478 e. The number of carbonyl (C=O) groups is 2. The van der Waals surface area contributed by atoms with Gasteiger partial charge in [0.1, 0.15) is 5.82 Å². The molecular weight excluding hydrogens is 513 g/mol. The number of anilines is 3. The van der Waals surface area contributed by atoms with Crippen LogP contribution < -0.4 is 15.5 Å². The van der Waals surface area contributed by atoms with Gasteiger partial charge in [-0.3, -0.25) is 9.78 Å². The van der Waals surface area contributed by atoms with Crippen LogP contribution in [0.15, 0.2) is 61.1 Å². The number of piperidine rings is 1. The average molecular weight is 539 g/mol. The molecule has 1 saturated heterocycles. The Hall–Kier alpha value is -3.07. The van der Waals surface area contributed by atoms with Gasteiger partial charge in [-0.2, -0.15) is 0 Å². The molecule has 0 spiro atoms. The van der Waals surface area contributed by atoms with Gasteiger partial charge in [-0.15, -0.1) is 24.8 Å². The number of amides is 1. The standard InChI is InChI=1S/C24H24ClN5O3.2ClH/c25-18-2-4-22(28-15-18)29-23(31)20-3-1-17(24(32)33)13-21(20)27-14-16-7-11-30(12-8-16)19-5-9-26-10-6-19;;/h1-6,9-10,13,15-16,27H,7-8,11-12,14H2,(H,32,33)(H,28,29,31);2*1H. The molecular formula is C24H26Cl3N5O3. The van der Waals surface area contributed by atoms with Crippen LogP contribution in [-0.4, -0.2) is 46.6 Å². The van der Waals surface area contributed by atoms with Gasteiger partial charge in [0.25, 0.3) is 5.91 Å². The molecule has 0 bridgehead atoms. The second-order valence-corrected chi connectivity index (χ2v) is 8.33. The molecule has 11 heteroatoms. The summed E-state index contributed by atoms with van der Waals surface area (Å²) in [5, 5.41) is 15.9. The van der Waals surface area contributed by atoms with Crippen molar-refractivity contribution < 1.29 is 14.7 Å². The molecule has 0 saturated carbocycles. The van der Waals surface area contributed by atoms with Crippen molar-refractivity contribution in [3.05, 3.63) is 77.2 Å². The van der Waals surface area contributed by atoms with Gasteiger partial charge in [0.05, 0.1) is 16.1 Å². The maximum Gasteiger partial charge on any atom is 0.335 e. The molecule has 3 heterocycles. The lowest BCUT2D eigenvalue weighted by Gasteiger charge is -2.33. The summed E-state index contributed by atoms with van der Waals surface area (Å²) in [7, 11) is 0. The van der Waals surface area contributed by atoms with E-state index < -0.39 is 5.97 Å². The fourth-order valence-electron chi connectivity index (χ4n) is 3.86. The van der Waals surface area contributed by atoms with E-state index in [-0.39, 0.29) is 36.3 Å². The molecule has 0 unspecified atom stereocenters. The highest BCUT2D eigenvalue weighted by Crippen LogP contribution is 2.25. The Morgan fingerprint density at radius 1 is 1.06 bits per heavy atom. The quantitative estimate of drug-likeness (QED) is 0.377. The molecule has 3 aromatic rings. The molecule has 186 valence electrons. The van der Waals surface area contributed by atoms with Gasteiger partial charge in [0, 0.05) is 49.6 Å². The fourth-order valence-corrected chi connectivity index (χ4v) is 3.97. The van der Waals surface area contributed by atoms with Crippen molar-refractivity contribution in [2.75, 3.05) is 35.2 Å². The molecule has 8 nitrogen and oxygen atoms in total. The number of carboxylic acid groups (broad SMARTS) is 1. The van der Waals surface area contributed by atoms with Crippen LogP contribution in [0.4, 0.5) is 17.2 Å². The zero-order valence-electron chi connectivity index (χ0n) is 18.7. The Bertz CT molecular complexity index is 1130. The molecule has 35 heavy (non-hydrogen) atoms. The first kappa shape index (κ1) is 28.2. The minimum absolute atomic E-state index is 0. The highest BCUT2D eigenvalue weighted by molar-refractivity contribution is 6.30. The number of rotatable bonds is 7. The second-order valence-electron chi connectivity index (χ2n) is 7.90. The van der Waals surface area contributed by atoms with Gasteiger partial charge < -0.3 is 20.6 Å². The van der Waals surface area contributed by atoms with E-state index in [0.29, 0.717) is 34.6 Å². The lowest BCUT2D eigenvalue weighted by Crippen LogP contribution is -2.36. The number of aromatic nitrogens is 2. The van der Waals surface area contributed by atoms with Crippen LogP contribution in [0.25, 0.3) is 0 Å². The van der Waals surface area contributed by atoms with Crippen LogP contribution in [0.5, 0.6) is 0 Å². The number of carboxylic acids is 1. The topological polar surface area (TPSA) is 107 Å². The first-order valence-electron chi connectivity index (χ1n) is 10.7. The number of halogens is 3. The average Bonchev–Trinajstić information content (AvgIpc) is 2.85. The third-order valence-corrected chi connectivity index (χ3v) is 5.93. The number of hydrogen-bond acceptors (Lipinski definition) is 6. The second kappa shape index (κ2) is 13.1. The van der Waals surface area contributed by atoms with Crippen molar-refractivity contribution in [2.24, 2.45) is 5.92 Å². The van der Waals surface area contributed by atoms with Crippen molar-refractivity contribution in [3.8, 4) is 0 Å². The summed E-state index contributed by atoms with van der Waals surface area (Å²) in [5.41, 5.74) is 2.12. The Morgan fingerprint density at radius 2 is 1.77 bits per heavy atom. The van der Waals surface area contributed by atoms with Crippen LogP contribution >= 0.6 is 36.4 Å². The summed E-state index contributed by atoms with van der Waals surface area (Å²) in [6.07, 6.45) is 7.02. The summed E-state index contributed by atoms with van der Waals surface area (Å²) in [5.74, 6) is -0.654. The molecule has 0 atom stereocenters. The molecule has 1 aliphatic rings. The van der Waals surface area contributed by atoms with Gasteiger partial charge in [-0.1, -0.05) is 11.6 Å². The monoisotopic (exact) mass is 537 g/mol. The summed E-state index contributed by atoms with van der Waals surface area (Å²) in [6, 6.07) is 11.7. The Kier molecular flexibility index (Phi) is 10.6. The van der Waals surface area contributed by atoms with Crippen molar-refractivity contribution in [1.29, 1.82) is 0 Å². The molecule has 1 fully saturated rings. The Morgan fingerprint density at radius 3 is 2.40 bits per heavy atom. The van der Waals surface area contributed by atoms with E-state index >= 15 is 0 Å². The maximum absolute atomic E-state index is 12.9. The highest BCUT2D eigenvalue weighted by Gasteiger charge is 2.21. The van der Waals surface area contributed by atoms with Crippen LogP contribution in [0.1, 0.15) is 33.6 Å². The number of benzene rings is 1. The molecule has 4 rings (SSSR count). The van der Waals surface area contributed by atoms with E-state index in [2.05, 4.69) is 25.5 Å². The first-order valence-corrected chi connectivity index (χ1v) is 11.1. The van der Waals surface area contributed by atoms with E-state index in [1.54, 1.807) is 24.5 Å². The van der Waals surface area contributed by atoms with Crippen LogP contribution in [0.2, 0.25) is 5.02 Å². The minimum Gasteiger partial charge on any atom is -0.478 e. The number of aromatic carboxylic acids is 1. The van der Waals surface area contributed by atoms with E-state index in [0.717, 1.165) is 25.9 Å². The normalized spacial score (nSPS) is 13.2. The predicted octanol–water partition coefficient (Wildman–Crippen LogP) is 5.25. The SMILES string of the molecule is Cl.Cl.O=C(O)c1ccc(C(=O)Nc2ccc(Cl)cn2)c(NCC2CCN(c3ccncc3)CC2)c1. The number of hydrogen-bond donors (Lipinski definition) is 3. The zero-order valence-corrected chi connectivity index (χ0v) is 21.1. The van der Waals surface area contributed by atoms with Crippen molar-refractivity contribution in [1.82, 2.24) is 9.97 Å². The lowest BCUT2D eigenvalue weighted by atomic mass is 9.96. The third-order valence-electron chi connectivity index (χ3n) is 5.70. The molecule has 1 aliphatic heterocycles. The molecule has 0 radical (unpaired) electrons. The van der Waals surface area contributed by atoms with E-state index in [1.807, 2.05) is 12.1 Å². The van der Waals surface area contributed by atoms with Crippen molar-refractivity contribution >= 4 is 65.5 Å². The molecule has 1 amide bonds. The maximum atomic E-state index is 12.9. The summed E-state index contributed by atoms with van der Waals surface area (Å²) < 4.78 is 0. The fraction of sp³-hybridized carbons (Fsp3) is 0.250. The third kappa shape index (κ3) is 7.45. The van der Waals surface area contributed by atoms with Crippen molar-refractivity contribution in [2.45, 2.75) is 12.8 Å². The van der Waals surface area contributed by atoms with Gasteiger partial charge in [-0.25, -0.2) is 9.78 Å². The zero-order chi connectivity index (χ0) is 23.2. The summed E-state index contributed by atoms with van der Waals surface area (Å²) >= 11 is 5.85. The molecule has 0 aliphatic carbocycles. The van der Waals surface area contributed by atoms with E-state index in [9.17, 15) is 14.7 Å². The molecule has 3 N–H and O–H groups in total. The predicted molar refractivity (Wildman–Crippen MR) is 143 cm³/mol. The Balaban J connectivity index is 0.00000216.